The minimum atomic E-state index is 0.532. The molecule has 0 spiro atoms. The van der Waals surface area contributed by atoms with Crippen LogP contribution in [0.3, 0.4) is 0 Å². The van der Waals surface area contributed by atoms with Crippen molar-refractivity contribution in [3.8, 4) is 11.6 Å². The molecule has 0 saturated heterocycles. The molecule has 0 radical (unpaired) electrons. The summed E-state index contributed by atoms with van der Waals surface area (Å²) in [6, 6.07) is 4.36. The maximum absolute atomic E-state index is 5.34. The predicted octanol–water partition coefficient (Wildman–Crippen LogP) is 3.34. The number of hydrogen-bond donors (Lipinski definition) is 0. The zero-order valence-electron chi connectivity index (χ0n) is 12.1. The molecule has 0 amide bonds. The van der Waals surface area contributed by atoms with Crippen molar-refractivity contribution in [2.75, 3.05) is 6.54 Å². The van der Waals surface area contributed by atoms with Crippen molar-refractivity contribution in [2.24, 2.45) is 5.92 Å². The molecule has 1 saturated carbocycles. The fourth-order valence-electron chi connectivity index (χ4n) is 2.25. The molecule has 1 fully saturated rings. The van der Waals surface area contributed by atoms with Crippen LogP contribution in [0, 0.1) is 5.92 Å². The number of aromatic nitrogens is 2. The molecule has 0 atom stereocenters. The van der Waals surface area contributed by atoms with Crippen LogP contribution in [0.5, 0.6) is 0 Å². The van der Waals surface area contributed by atoms with Crippen LogP contribution < -0.4 is 0 Å². The van der Waals surface area contributed by atoms with Crippen LogP contribution in [0.4, 0.5) is 0 Å². The van der Waals surface area contributed by atoms with Crippen LogP contribution >= 0.6 is 0 Å². The van der Waals surface area contributed by atoms with Gasteiger partial charge in [-0.1, -0.05) is 19.0 Å². The average molecular weight is 275 g/mol. The highest BCUT2D eigenvalue weighted by molar-refractivity contribution is 5.44. The molecule has 108 valence electrons. The zero-order chi connectivity index (χ0) is 13.9. The molecule has 2 heterocycles. The van der Waals surface area contributed by atoms with E-state index in [9.17, 15) is 0 Å². The van der Waals surface area contributed by atoms with Gasteiger partial charge in [-0.2, -0.15) is 4.98 Å². The molecule has 5 heteroatoms. The number of hydrogen-bond acceptors (Lipinski definition) is 5. The minimum absolute atomic E-state index is 0.532. The fraction of sp³-hybridized carbons (Fsp3) is 0.600. The van der Waals surface area contributed by atoms with Crippen molar-refractivity contribution in [3.05, 3.63) is 24.3 Å². The minimum Gasteiger partial charge on any atom is -0.461 e. The molecule has 0 aliphatic heterocycles. The van der Waals surface area contributed by atoms with E-state index in [4.69, 9.17) is 8.94 Å². The maximum atomic E-state index is 5.34. The Bertz CT molecular complexity index is 529. The summed E-state index contributed by atoms with van der Waals surface area (Å²) in [5.74, 6) is 2.58. The van der Waals surface area contributed by atoms with Gasteiger partial charge in [0.1, 0.15) is 0 Å². The topological polar surface area (TPSA) is 55.3 Å². The van der Waals surface area contributed by atoms with Gasteiger partial charge in [0.2, 0.25) is 11.7 Å². The van der Waals surface area contributed by atoms with Gasteiger partial charge in [0.25, 0.3) is 0 Å². The highest BCUT2D eigenvalue weighted by atomic mass is 16.5. The lowest BCUT2D eigenvalue weighted by Gasteiger charge is -2.20. The van der Waals surface area contributed by atoms with E-state index in [1.807, 2.05) is 12.1 Å². The van der Waals surface area contributed by atoms with Gasteiger partial charge in [-0.05, 0) is 43.9 Å². The number of nitrogens with zero attached hydrogens (tertiary/aromatic N) is 3. The summed E-state index contributed by atoms with van der Waals surface area (Å²) in [7, 11) is 0. The van der Waals surface area contributed by atoms with Crippen LogP contribution in [0.2, 0.25) is 0 Å². The van der Waals surface area contributed by atoms with Crippen molar-refractivity contribution in [1.29, 1.82) is 0 Å². The van der Waals surface area contributed by atoms with Gasteiger partial charge in [-0.15, -0.1) is 0 Å². The third kappa shape index (κ3) is 3.28. The molecule has 0 bridgehead atoms. The molecule has 5 nitrogen and oxygen atoms in total. The summed E-state index contributed by atoms with van der Waals surface area (Å²) in [4.78, 5) is 6.87. The second kappa shape index (κ2) is 5.79. The van der Waals surface area contributed by atoms with Gasteiger partial charge in [0.05, 0.1) is 12.8 Å². The van der Waals surface area contributed by atoms with Crippen LogP contribution in [-0.4, -0.2) is 27.6 Å². The molecule has 2 aromatic rings. The molecule has 0 N–H and O–H groups in total. The second-order valence-corrected chi connectivity index (χ2v) is 5.87. The Morgan fingerprint density at radius 3 is 2.90 bits per heavy atom. The number of furan rings is 1. The van der Waals surface area contributed by atoms with Crippen LogP contribution in [-0.2, 0) is 6.54 Å². The molecular formula is C15H21N3O2. The smallest absolute Gasteiger partial charge is 0.241 e. The van der Waals surface area contributed by atoms with E-state index >= 15 is 0 Å². The summed E-state index contributed by atoms with van der Waals surface area (Å²) in [6.07, 6.45) is 5.40. The third-order valence-electron chi connectivity index (χ3n) is 3.60. The SMILES string of the molecule is CC(C)CCN(Cc1nc(-c2ccco2)no1)C1CC1. The van der Waals surface area contributed by atoms with E-state index in [1.54, 1.807) is 6.26 Å². The van der Waals surface area contributed by atoms with Gasteiger partial charge < -0.3 is 8.94 Å². The highest BCUT2D eigenvalue weighted by Crippen LogP contribution is 2.29. The van der Waals surface area contributed by atoms with E-state index in [0.29, 0.717) is 23.5 Å². The Morgan fingerprint density at radius 1 is 1.40 bits per heavy atom. The second-order valence-electron chi connectivity index (χ2n) is 5.87. The maximum Gasteiger partial charge on any atom is 0.241 e. The van der Waals surface area contributed by atoms with Gasteiger partial charge in [-0.25, -0.2) is 0 Å². The molecule has 0 aromatic carbocycles. The van der Waals surface area contributed by atoms with E-state index in [0.717, 1.165) is 19.0 Å². The first-order valence-electron chi connectivity index (χ1n) is 7.33. The molecule has 3 rings (SSSR count). The molecule has 1 aliphatic carbocycles. The van der Waals surface area contributed by atoms with Crippen molar-refractivity contribution < 1.29 is 8.94 Å². The van der Waals surface area contributed by atoms with Crippen molar-refractivity contribution in [2.45, 2.75) is 45.7 Å². The normalized spacial score (nSPS) is 15.4. The first-order valence-corrected chi connectivity index (χ1v) is 7.33. The van der Waals surface area contributed by atoms with Gasteiger partial charge in [-0.3, -0.25) is 4.90 Å². The molecule has 2 aromatic heterocycles. The quantitative estimate of drug-likeness (QED) is 0.775. The Labute approximate surface area is 119 Å². The largest absolute Gasteiger partial charge is 0.461 e. The van der Waals surface area contributed by atoms with Crippen molar-refractivity contribution in [3.63, 3.8) is 0 Å². The van der Waals surface area contributed by atoms with Crippen molar-refractivity contribution >= 4 is 0 Å². The van der Waals surface area contributed by atoms with E-state index in [1.165, 1.54) is 19.3 Å². The fourth-order valence-corrected chi connectivity index (χ4v) is 2.25. The monoisotopic (exact) mass is 275 g/mol. The van der Waals surface area contributed by atoms with Crippen LogP contribution in [0.15, 0.2) is 27.3 Å². The predicted molar refractivity (Wildman–Crippen MR) is 74.9 cm³/mol. The van der Waals surface area contributed by atoms with E-state index < -0.39 is 0 Å². The number of rotatable bonds is 7. The Hall–Kier alpha value is -1.62. The first kappa shape index (κ1) is 13.4. The van der Waals surface area contributed by atoms with Gasteiger partial charge in [0, 0.05) is 6.04 Å². The first-order chi connectivity index (χ1) is 9.72. The summed E-state index contributed by atoms with van der Waals surface area (Å²) in [5, 5.41) is 3.98. The van der Waals surface area contributed by atoms with Crippen LogP contribution in [0.25, 0.3) is 11.6 Å². The lowest BCUT2D eigenvalue weighted by atomic mass is 10.1. The lowest BCUT2D eigenvalue weighted by molar-refractivity contribution is 0.207. The van der Waals surface area contributed by atoms with Crippen molar-refractivity contribution in [1.82, 2.24) is 15.0 Å². The van der Waals surface area contributed by atoms with Gasteiger partial charge in [0.15, 0.2) is 5.76 Å². The van der Waals surface area contributed by atoms with E-state index in [-0.39, 0.29) is 0 Å². The summed E-state index contributed by atoms with van der Waals surface area (Å²) in [6.45, 7) is 6.35. The average Bonchev–Trinajstić information content (AvgIpc) is 2.93. The Kier molecular flexibility index (Phi) is 3.87. The molecule has 1 aliphatic rings. The Balaban J connectivity index is 1.63. The zero-order valence-corrected chi connectivity index (χ0v) is 12.1. The Morgan fingerprint density at radius 2 is 2.25 bits per heavy atom. The van der Waals surface area contributed by atoms with Crippen LogP contribution in [0.1, 0.15) is 39.0 Å². The van der Waals surface area contributed by atoms with Gasteiger partial charge >= 0.3 is 0 Å². The molecular weight excluding hydrogens is 254 g/mol. The molecule has 20 heavy (non-hydrogen) atoms. The summed E-state index contributed by atoms with van der Waals surface area (Å²) >= 11 is 0. The third-order valence-corrected chi connectivity index (χ3v) is 3.60. The standard InChI is InChI=1S/C15H21N3O2/c1-11(2)7-8-18(12-5-6-12)10-14-16-15(17-20-14)13-4-3-9-19-13/h3-4,9,11-12H,5-8,10H2,1-2H3. The summed E-state index contributed by atoms with van der Waals surface area (Å²) < 4.78 is 10.6. The summed E-state index contributed by atoms with van der Waals surface area (Å²) in [5.41, 5.74) is 0. The lowest BCUT2D eigenvalue weighted by Crippen LogP contribution is -2.27. The molecule has 0 unspecified atom stereocenters. The van der Waals surface area contributed by atoms with E-state index in [2.05, 4.69) is 28.9 Å². The highest BCUT2D eigenvalue weighted by Gasteiger charge is 2.30.